The third kappa shape index (κ3) is 8.36. The highest BCUT2D eigenvalue weighted by Gasteiger charge is 1.87. The Bertz CT molecular complexity index is 282. The molecule has 0 radical (unpaired) electrons. The molecule has 0 unspecified atom stereocenters. The van der Waals surface area contributed by atoms with Crippen LogP contribution in [-0.4, -0.2) is 5.11 Å². The molecular weight excluding hydrogens is 176 g/mol. The zero-order valence-corrected chi connectivity index (χ0v) is 9.34. The van der Waals surface area contributed by atoms with E-state index >= 15 is 0 Å². The van der Waals surface area contributed by atoms with Gasteiger partial charge in [-0.2, -0.15) is 0 Å². The Morgan fingerprint density at radius 2 is 1.21 bits per heavy atom. The number of rotatable bonds is 0. The molecule has 0 atom stereocenters. The van der Waals surface area contributed by atoms with Gasteiger partial charge in [-0.05, 0) is 20.8 Å². The third-order valence-corrected chi connectivity index (χ3v) is 1.58. The van der Waals surface area contributed by atoms with Crippen LogP contribution >= 0.6 is 0 Å². The summed E-state index contributed by atoms with van der Waals surface area (Å²) >= 11 is 0. The minimum atomic E-state index is 0.106. The van der Waals surface area contributed by atoms with Gasteiger partial charge in [0.05, 0.1) is 18.9 Å². The highest BCUT2D eigenvalue weighted by atomic mass is 16.3. The van der Waals surface area contributed by atoms with Crippen LogP contribution in [0.2, 0.25) is 0 Å². The van der Waals surface area contributed by atoms with Gasteiger partial charge in [-0.15, -0.1) is 0 Å². The van der Waals surface area contributed by atoms with Gasteiger partial charge in [-0.1, -0.05) is 19.4 Å². The van der Waals surface area contributed by atoms with Crippen LogP contribution < -0.4 is 0 Å². The Morgan fingerprint density at radius 1 is 0.857 bits per heavy atom. The average Bonchev–Trinajstić information content (AvgIpc) is 2.15. The minimum absolute atomic E-state index is 0.106. The summed E-state index contributed by atoms with van der Waals surface area (Å²) in [7, 11) is 0. The SMILES string of the molecule is [C-]#[N+]C(C)=C(C)C.[C-]#[N+]C(C)=C(C)O. The highest BCUT2D eigenvalue weighted by molar-refractivity contribution is 5.12. The second-order valence-corrected chi connectivity index (χ2v) is 2.98. The van der Waals surface area contributed by atoms with Crippen LogP contribution in [-0.2, 0) is 0 Å². The van der Waals surface area contributed by atoms with Gasteiger partial charge in [0.15, 0.2) is 11.4 Å². The fraction of sp³-hybridized carbons (Fsp3) is 0.455. The molecule has 0 spiro atoms. The maximum absolute atomic E-state index is 8.49. The molecule has 76 valence electrons. The quantitative estimate of drug-likeness (QED) is 0.457. The summed E-state index contributed by atoms with van der Waals surface area (Å²) in [5.41, 5.74) is 2.27. The molecule has 0 heterocycles. The van der Waals surface area contributed by atoms with Crippen molar-refractivity contribution in [2.24, 2.45) is 0 Å². The van der Waals surface area contributed by atoms with E-state index in [0.29, 0.717) is 5.70 Å². The van der Waals surface area contributed by atoms with Crippen molar-refractivity contribution in [1.29, 1.82) is 0 Å². The molecule has 0 bridgehead atoms. The third-order valence-electron chi connectivity index (χ3n) is 1.58. The van der Waals surface area contributed by atoms with E-state index in [2.05, 4.69) is 9.69 Å². The molecule has 0 aliphatic rings. The lowest BCUT2D eigenvalue weighted by atomic mass is 10.3. The molecule has 14 heavy (non-hydrogen) atoms. The summed E-state index contributed by atoms with van der Waals surface area (Å²) in [5.74, 6) is 0.106. The molecule has 0 aromatic rings. The van der Waals surface area contributed by atoms with Crippen molar-refractivity contribution in [3.63, 3.8) is 0 Å². The van der Waals surface area contributed by atoms with Crippen molar-refractivity contribution in [3.05, 3.63) is 45.6 Å². The largest absolute Gasteiger partial charge is 0.524 e. The van der Waals surface area contributed by atoms with E-state index in [1.54, 1.807) is 6.92 Å². The van der Waals surface area contributed by atoms with E-state index in [1.807, 2.05) is 20.8 Å². The molecule has 0 aromatic carbocycles. The van der Waals surface area contributed by atoms with Gasteiger partial charge in [0.1, 0.15) is 0 Å². The van der Waals surface area contributed by atoms with Crippen LogP contribution in [0.25, 0.3) is 9.69 Å². The molecule has 3 heteroatoms. The van der Waals surface area contributed by atoms with Crippen molar-refractivity contribution >= 4 is 0 Å². The van der Waals surface area contributed by atoms with E-state index in [9.17, 15) is 0 Å². The predicted octanol–water partition coefficient (Wildman–Crippen LogP) is 3.93. The van der Waals surface area contributed by atoms with E-state index in [1.165, 1.54) is 6.92 Å². The van der Waals surface area contributed by atoms with Crippen molar-refractivity contribution in [1.82, 2.24) is 0 Å². The Morgan fingerprint density at radius 3 is 1.21 bits per heavy atom. The van der Waals surface area contributed by atoms with Crippen molar-refractivity contribution < 1.29 is 5.11 Å². The van der Waals surface area contributed by atoms with Crippen LogP contribution in [0.3, 0.4) is 0 Å². The van der Waals surface area contributed by atoms with Crippen LogP contribution in [0.4, 0.5) is 0 Å². The van der Waals surface area contributed by atoms with Crippen LogP contribution in [0.1, 0.15) is 34.6 Å². The zero-order chi connectivity index (χ0) is 11.7. The molecule has 0 saturated carbocycles. The molecule has 0 fully saturated rings. The first-order chi connectivity index (χ1) is 6.36. The van der Waals surface area contributed by atoms with E-state index in [0.717, 1.165) is 11.3 Å². The molecule has 0 aromatic heterocycles. The highest BCUT2D eigenvalue weighted by Crippen LogP contribution is 2.00. The van der Waals surface area contributed by atoms with Gasteiger partial charge < -0.3 is 5.11 Å². The number of hydrogen-bond donors (Lipinski definition) is 1. The summed E-state index contributed by atoms with van der Waals surface area (Å²) in [6.45, 7) is 21.6. The van der Waals surface area contributed by atoms with Gasteiger partial charge >= 0.3 is 0 Å². The maximum Gasteiger partial charge on any atom is 0.198 e. The molecule has 1 N–H and O–H groups in total. The first-order valence-corrected chi connectivity index (χ1v) is 4.12. The molecule has 0 aliphatic carbocycles. The fourth-order valence-electron chi connectivity index (χ4n) is 0.193. The molecule has 0 amide bonds. The topological polar surface area (TPSA) is 29.0 Å². The maximum atomic E-state index is 8.49. The van der Waals surface area contributed by atoms with Crippen LogP contribution in [0.15, 0.2) is 22.7 Å². The van der Waals surface area contributed by atoms with Gasteiger partial charge in [0.2, 0.25) is 0 Å². The summed E-state index contributed by atoms with van der Waals surface area (Å²) in [4.78, 5) is 6.19. The lowest BCUT2D eigenvalue weighted by molar-refractivity contribution is 0.409. The number of allylic oxidation sites excluding steroid dienone is 4. The van der Waals surface area contributed by atoms with Gasteiger partial charge in [-0.25, -0.2) is 9.69 Å². The van der Waals surface area contributed by atoms with Gasteiger partial charge in [0, 0.05) is 0 Å². The summed E-state index contributed by atoms with van der Waals surface area (Å²) in [6.07, 6.45) is 0. The Hall–Kier alpha value is -1.74. The molecular formula is C11H16N2O. The first-order valence-electron chi connectivity index (χ1n) is 4.12. The normalized spacial score (nSPS) is 9.64. The monoisotopic (exact) mass is 192 g/mol. The Balaban J connectivity index is 0. The Kier molecular flexibility index (Phi) is 8.32. The van der Waals surface area contributed by atoms with Crippen molar-refractivity contribution in [2.45, 2.75) is 34.6 Å². The zero-order valence-electron chi connectivity index (χ0n) is 9.34. The standard InChI is InChI=1S/C6H9N.C5H7NO/c1-5(2)6(3)7-4;1-4(6-3)5(2)7/h1-3H3;7H,1-2H3. The number of hydrogen-bond acceptors (Lipinski definition) is 1. The molecule has 3 nitrogen and oxygen atoms in total. The Labute approximate surface area is 86.0 Å². The summed E-state index contributed by atoms with van der Waals surface area (Å²) in [5, 5.41) is 8.49. The van der Waals surface area contributed by atoms with E-state index in [4.69, 9.17) is 18.3 Å². The van der Waals surface area contributed by atoms with Crippen LogP contribution in [0.5, 0.6) is 0 Å². The molecule has 0 rings (SSSR count). The van der Waals surface area contributed by atoms with Gasteiger partial charge in [-0.3, -0.25) is 0 Å². The van der Waals surface area contributed by atoms with Gasteiger partial charge in [0.25, 0.3) is 0 Å². The molecule has 0 saturated heterocycles. The smallest absolute Gasteiger partial charge is 0.198 e. The average molecular weight is 192 g/mol. The van der Waals surface area contributed by atoms with E-state index < -0.39 is 0 Å². The minimum Gasteiger partial charge on any atom is -0.524 e. The number of aliphatic hydroxyl groups is 1. The second kappa shape index (κ2) is 7.89. The lowest BCUT2D eigenvalue weighted by Crippen LogP contribution is -1.72. The lowest BCUT2D eigenvalue weighted by Gasteiger charge is -1.85. The fourth-order valence-corrected chi connectivity index (χ4v) is 0.193. The van der Waals surface area contributed by atoms with Crippen molar-refractivity contribution in [2.75, 3.05) is 0 Å². The van der Waals surface area contributed by atoms with Crippen molar-refractivity contribution in [3.8, 4) is 0 Å². The predicted molar refractivity (Wildman–Crippen MR) is 58.3 cm³/mol. The van der Waals surface area contributed by atoms with Crippen LogP contribution in [0, 0.1) is 13.1 Å². The summed E-state index contributed by atoms with van der Waals surface area (Å²) < 4.78 is 0. The first kappa shape index (κ1) is 14.8. The summed E-state index contributed by atoms with van der Waals surface area (Å²) in [6, 6.07) is 0. The molecule has 0 aliphatic heterocycles. The second-order valence-electron chi connectivity index (χ2n) is 2.98. The van der Waals surface area contributed by atoms with E-state index in [-0.39, 0.29) is 5.76 Å². The number of nitrogens with zero attached hydrogens (tertiary/aromatic N) is 2. The number of aliphatic hydroxyl groups excluding tert-OH is 1.